The van der Waals surface area contributed by atoms with Crippen molar-refractivity contribution in [3.8, 4) is 0 Å². The minimum atomic E-state index is -1.26. The number of nitrogens with one attached hydrogen (secondary N) is 1. The van der Waals surface area contributed by atoms with Crippen molar-refractivity contribution in [2.75, 3.05) is 5.32 Å². The van der Waals surface area contributed by atoms with Crippen molar-refractivity contribution >= 4 is 17.7 Å². The molecule has 0 saturated heterocycles. The van der Waals surface area contributed by atoms with Crippen molar-refractivity contribution in [3.05, 3.63) is 65.0 Å². The van der Waals surface area contributed by atoms with Crippen molar-refractivity contribution in [1.29, 1.82) is 0 Å². The fourth-order valence-electron chi connectivity index (χ4n) is 1.89. The van der Waals surface area contributed by atoms with Crippen LogP contribution < -0.4 is 5.32 Å². The van der Waals surface area contributed by atoms with Gasteiger partial charge < -0.3 is 9.84 Å². The molecule has 0 heterocycles. The van der Waals surface area contributed by atoms with E-state index >= 15 is 0 Å². The molecular formula is C16H14FNO4. The van der Waals surface area contributed by atoms with Gasteiger partial charge in [-0.2, -0.15) is 0 Å². The van der Waals surface area contributed by atoms with Crippen LogP contribution in [0.3, 0.4) is 0 Å². The molecule has 0 aliphatic carbocycles. The molecule has 0 atom stereocenters. The van der Waals surface area contributed by atoms with Gasteiger partial charge in [0.2, 0.25) is 0 Å². The Balaban J connectivity index is 2.11. The Kier molecular flexibility index (Phi) is 4.73. The first-order valence-electron chi connectivity index (χ1n) is 6.49. The Morgan fingerprint density at radius 1 is 1.18 bits per heavy atom. The van der Waals surface area contributed by atoms with Gasteiger partial charge in [0, 0.05) is 5.56 Å². The standard InChI is InChI=1S/C16H14FNO4/c1-10-13(17)8-7-12(15(19)20)14(10)18-16(21)22-9-11-5-3-2-4-6-11/h2-8H,9H2,1H3,(H,18,21)(H,19,20). The normalized spacial score (nSPS) is 10.1. The number of amides is 1. The summed E-state index contributed by atoms with van der Waals surface area (Å²) in [6.45, 7) is 1.41. The first-order chi connectivity index (χ1) is 10.5. The first-order valence-corrected chi connectivity index (χ1v) is 6.49. The SMILES string of the molecule is Cc1c(F)ccc(C(=O)O)c1NC(=O)OCc1ccccc1. The van der Waals surface area contributed by atoms with Crippen LogP contribution in [0.4, 0.5) is 14.9 Å². The van der Waals surface area contributed by atoms with E-state index in [-0.39, 0.29) is 23.4 Å². The molecule has 2 aromatic rings. The maximum Gasteiger partial charge on any atom is 0.411 e. The van der Waals surface area contributed by atoms with Gasteiger partial charge in [0.25, 0.3) is 0 Å². The van der Waals surface area contributed by atoms with E-state index in [1.807, 2.05) is 6.07 Å². The predicted molar refractivity (Wildman–Crippen MR) is 78.3 cm³/mol. The Morgan fingerprint density at radius 3 is 2.50 bits per heavy atom. The highest BCUT2D eigenvalue weighted by Crippen LogP contribution is 2.23. The van der Waals surface area contributed by atoms with Gasteiger partial charge in [0.1, 0.15) is 12.4 Å². The summed E-state index contributed by atoms with van der Waals surface area (Å²) in [6.07, 6.45) is -0.847. The Bertz CT molecular complexity index is 701. The van der Waals surface area contributed by atoms with Crippen LogP contribution in [0.2, 0.25) is 0 Å². The van der Waals surface area contributed by atoms with E-state index in [1.54, 1.807) is 24.3 Å². The van der Waals surface area contributed by atoms with Gasteiger partial charge in [-0.15, -0.1) is 0 Å². The molecule has 0 aliphatic rings. The third kappa shape index (κ3) is 3.60. The average Bonchev–Trinajstić information content (AvgIpc) is 2.50. The smallest absolute Gasteiger partial charge is 0.411 e. The fourth-order valence-corrected chi connectivity index (χ4v) is 1.89. The van der Waals surface area contributed by atoms with Gasteiger partial charge in [-0.05, 0) is 24.6 Å². The van der Waals surface area contributed by atoms with Gasteiger partial charge in [0.15, 0.2) is 0 Å². The molecule has 0 aromatic heterocycles. The van der Waals surface area contributed by atoms with Crippen LogP contribution in [0.25, 0.3) is 0 Å². The number of benzene rings is 2. The highest BCUT2D eigenvalue weighted by molar-refractivity contribution is 5.99. The second-order valence-electron chi connectivity index (χ2n) is 4.59. The molecule has 2 aromatic carbocycles. The summed E-state index contributed by atoms with van der Waals surface area (Å²) < 4.78 is 18.5. The fraction of sp³-hybridized carbons (Fsp3) is 0.125. The molecule has 0 aliphatic heterocycles. The number of halogens is 1. The summed E-state index contributed by atoms with van der Waals surface area (Å²) in [7, 11) is 0. The highest BCUT2D eigenvalue weighted by atomic mass is 19.1. The number of carbonyl (C=O) groups excluding carboxylic acids is 1. The maximum atomic E-state index is 13.5. The van der Waals surface area contributed by atoms with Crippen LogP contribution in [0.5, 0.6) is 0 Å². The molecule has 0 fully saturated rings. The number of carbonyl (C=O) groups is 2. The van der Waals surface area contributed by atoms with E-state index in [2.05, 4.69) is 5.32 Å². The second-order valence-corrected chi connectivity index (χ2v) is 4.59. The Morgan fingerprint density at radius 2 is 1.86 bits per heavy atom. The molecule has 2 N–H and O–H groups in total. The van der Waals surface area contributed by atoms with Gasteiger partial charge in [0.05, 0.1) is 11.3 Å². The summed E-state index contributed by atoms with van der Waals surface area (Å²) in [5.41, 5.74) is 0.518. The topological polar surface area (TPSA) is 75.6 Å². The number of carboxylic acid groups (broad SMARTS) is 1. The summed E-state index contributed by atoms with van der Waals surface area (Å²) >= 11 is 0. The van der Waals surface area contributed by atoms with E-state index in [4.69, 9.17) is 9.84 Å². The molecule has 0 bridgehead atoms. The predicted octanol–water partition coefficient (Wildman–Crippen LogP) is 3.58. The van der Waals surface area contributed by atoms with Gasteiger partial charge in [-0.1, -0.05) is 30.3 Å². The largest absolute Gasteiger partial charge is 0.478 e. The molecule has 0 radical (unpaired) electrons. The number of hydrogen-bond donors (Lipinski definition) is 2. The van der Waals surface area contributed by atoms with E-state index in [1.165, 1.54) is 6.92 Å². The number of hydrogen-bond acceptors (Lipinski definition) is 3. The number of carboxylic acids is 1. The number of anilines is 1. The van der Waals surface area contributed by atoms with E-state index in [0.717, 1.165) is 17.7 Å². The third-order valence-electron chi connectivity index (χ3n) is 3.07. The van der Waals surface area contributed by atoms with Crippen molar-refractivity contribution < 1.29 is 23.8 Å². The number of aromatic carboxylic acids is 1. The van der Waals surface area contributed by atoms with Crippen LogP contribution in [0, 0.1) is 12.7 Å². The van der Waals surface area contributed by atoms with Crippen LogP contribution in [0.1, 0.15) is 21.5 Å². The average molecular weight is 303 g/mol. The third-order valence-corrected chi connectivity index (χ3v) is 3.07. The first kappa shape index (κ1) is 15.5. The summed E-state index contributed by atoms with van der Waals surface area (Å²) in [5, 5.41) is 11.4. The molecule has 1 amide bonds. The van der Waals surface area contributed by atoms with Gasteiger partial charge >= 0.3 is 12.1 Å². The quantitative estimate of drug-likeness (QED) is 0.905. The summed E-state index contributed by atoms with van der Waals surface area (Å²) in [5.74, 6) is -1.87. The van der Waals surface area contributed by atoms with E-state index < -0.39 is 17.9 Å². The lowest BCUT2D eigenvalue weighted by atomic mass is 10.1. The van der Waals surface area contributed by atoms with Crippen LogP contribution in [-0.4, -0.2) is 17.2 Å². The Labute approximate surface area is 126 Å². The molecule has 5 nitrogen and oxygen atoms in total. The zero-order valence-electron chi connectivity index (χ0n) is 11.8. The molecule has 22 heavy (non-hydrogen) atoms. The van der Waals surface area contributed by atoms with Crippen LogP contribution in [0.15, 0.2) is 42.5 Å². The minimum Gasteiger partial charge on any atom is -0.478 e. The lowest BCUT2D eigenvalue weighted by molar-refractivity contribution is 0.0698. The molecule has 114 valence electrons. The summed E-state index contributed by atoms with van der Waals surface area (Å²) in [4.78, 5) is 22.9. The second kappa shape index (κ2) is 6.71. The molecule has 0 spiro atoms. The lowest BCUT2D eigenvalue weighted by Gasteiger charge is -2.12. The zero-order valence-corrected chi connectivity index (χ0v) is 11.8. The molecule has 6 heteroatoms. The molecule has 0 unspecified atom stereocenters. The van der Waals surface area contributed by atoms with E-state index in [0.29, 0.717) is 0 Å². The number of rotatable bonds is 4. The zero-order chi connectivity index (χ0) is 16.1. The lowest BCUT2D eigenvalue weighted by Crippen LogP contribution is -2.17. The van der Waals surface area contributed by atoms with Crippen molar-refractivity contribution in [3.63, 3.8) is 0 Å². The maximum absolute atomic E-state index is 13.5. The summed E-state index contributed by atoms with van der Waals surface area (Å²) in [6, 6.07) is 11.1. The minimum absolute atomic E-state index is 0.0312. The molecule has 2 rings (SSSR count). The molecular weight excluding hydrogens is 289 g/mol. The van der Waals surface area contributed by atoms with Crippen molar-refractivity contribution in [2.24, 2.45) is 0 Å². The Hall–Kier alpha value is -2.89. The van der Waals surface area contributed by atoms with Crippen molar-refractivity contribution in [2.45, 2.75) is 13.5 Å². The highest BCUT2D eigenvalue weighted by Gasteiger charge is 2.18. The molecule has 0 saturated carbocycles. The van der Waals surface area contributed by atoms with E-state index in [9.17, 15) is 14.0 Å². The van der Waals surface area contributed by atoms with Gasteiger partial charge in [-0.25, -0.2) is 14.0 Å². The van der Waals surface area contributed by atoms with Gasteiger partial charge in [-0.3, -0.25) is 5.32 Å². The monoisotopic (exact) mass is 303 g/mol. The van der Waals surface area contributed by atoms with Crippen molar-refractivity contribution in [1.82, 2.24) is 0 Å². The number of ether oxygens (including phenoxy) is 1. The van der Waals surface area contributed by atoms with Crippen LogP contribution in [-0.2, 0) is 11.3 Å². The van der Waals surface area contributed by atoms with Crippen LogP contribution >= 0.6 is 0 Å².